The lowest BCUT2D eigenvalue weighted by molar-refractivity contribution is 0.0804. The molecule has 0 atom stereocenters. The minimum absolute atomic E-state index is 0.0914. The van der Waals surface area contributed by atoms with Crippen LogP contribution in [0.25, 0.3) is 0 Å². The van der Waals surface area contributed by atoms with Gasteiger partial charge < -0.3 is 10.6 Å². The van der Waals surface area contributed by atoms with Crippen molar-refractivity contribution in [2.45, 2.75) is 6.42 Å². The van der Waals surface area contributed by atoms with E-state index in [0.717, 1.165) is 0 Å². The highest BCUT2D eigenvalue weighted by Crippen LogP contribution is 2.23. The van der Waals surface area contributed by atoms with E-state index in [2.05, 4.69) is 0 Å². The van der Waals surface area contributed by atoms with Crippen LogP contribution in [0, 0.1) is 0 Å². The second kappa shape index (κ2) is 5.44. The molecule has 0 radical (unpaired) electrons. The van der Waals surface area contributed by atoms with Crippen LogP contribution >= 0.6 is 35.2 Å². The summed E-state index contributed by atoms with van der Waals surface area (Å²) in [6, 6.07) is 1.71. The SMILES string of the molecule is CN(CCC(N)=S)C(=O)c1sccc1Cl. The Kier molecular flexibility index (Phi) is 4.50. The van der Waals surface area contributed by atoms with Crippen LogP contribution in [0.5, 0.6) is 0 Å². The number of nitrogens with two attached hydrogens (primary N) is 1. The Balaban J connectivity index is 2.61. The number of thiocarbonyl (C=S) groups is 1. The maximum Gasteiger partial charge on any atom is 0.265 e. The van der Waals surface area contributed by atoms with E-state index in [4.69, 9.17) is 29.6 Å². The molecular formula is C9H11ClN2OS2. The van der Waals surface area contributed by atoms with Crippen LogP contribution in [0.1, 0.15) is 16.1 Å². The van der Waals surface area contributed by atoms with Gasteiger partial charge in [0.2, 0.25) is 0 Å². The zero-order valence-corrected chi connectivity index (χ0v) is 10.6. The van der Waals surface area contributed by atoms with Crippen LogP contribution in [0.3, 0.4) is 0 Å². The maximum absolute atomic E-state index is 11.8. The van der Waals surface area contributed by atoms with Gasteiger partial charge in [0.15, 0.2) is 0 Å². The largest absolute Gasteiger partial charge is 0.393 e. The van der Waals surface area contributed by atoms with Gasteiger partial charge in [-0.1, -0.05) is 23.8 Å². The Bertz CT molecular complexity index is 378. The highest BCUT2D eigenvalue weighted by Gasteiger charge is 2.16. The minimum atomic E-state index is -0.0914. The molecule has 0 saturated heterocycles. The number of nitrogens with zero attached hydrogens (tertiary/aromatic N) is 1. The number of carbonyl (C=O) groups is 1. The van der Waals surface area contributed by atoms with Gasteiger partial charge in [0, 0.05) is 20.0 Å². The van der Waals surface area contributed by atoms with Crippen molar-refractivity contribution < 1.29 is 4.79 Å². The number of halogens is 1. The van der Waals surface area contributed by atoms with Crippen molar-refractivity contribution >= 4 is 46.1 Å². The summed E-state index contributed by atoms with van der Waals surface area (Å²) in [6.45, 7) is 0.516. The second-order valence-electron chi connectivity index (χ2n) is 3.04. The van der Waals surface area contributed by atoms with E-state index < -0.39 is 0 Å². The number of amides is 1. The van der Waals surface area contributed by atoms with Crippen molar-refractivity contribution in [3.63, 3.8) is 0 Å². The molecule has 6 heteroatoms. The van der Waals surface area contributed by atoms with E-state index >= 15 is 0 Å². The van der Waals surface area contributed by atoms with E-state index in [-0.39, 0.29) is 5.91 Å². The molecule has 0 aliphatic rings. The third-order valence-electron chi connectivity index (χ3n) is 1.85. The lowest BCUT2D eigenvalue weighted by Crippen LogP contribution is -2.29. The molecule has 0 aromatic carbocycles. The topological polar surface area (TPSA) is 46.3 Å². The zero-order valence-electron chi connectivity index (χ0n) is 8.20. The highest BCUT2D eigenvalue weighted by molar-refractivity contribution is 7.80. The standard InChI is InChI=1S/C9H11ClN2OS2/c1-12(4-2-7(11)14)9(13)8-6(10)3-5-15-8/h3,5H,2,4H2,1H3,(H2,11,14). The monoisotopic (exact) mass is 262 g/mol. The Morgan fingerprint density at radius 3 is 2.87 bits per heavy atom. The lowest BCUT2D eigenvalue weighted by Gasteiger charge is -2.15. The number of carbonyl (C=O) groups excluding carboxylic acids is 1. The predicted molar refractivity (Wildman–Crippen MR) is 67.7 cm³/mol. The number of thiophene rings is 1. The van der Waals surface area contributed by atoms with Crippen molar-refractivity contribution in [3.8, 4) is 0 Å². The van der Waals surface area contributed by atoms with Crippen molar-refractivity contribution in [1.29, 1.82) is 0 Å². The molecule has 0 fully saturated rings. The van der Waals surface area contributed by atoms with Crippen molar-refractivity contribution in [2.75, 3.05) is 13.6 Å². The van der Waals surface area contributed by atoms with E-state index in [9.17, 15) is 4.79 Å². The summed E-state index contributed by atoms with van der Waals surface area (Å²) in [7, 11) is 1.71. The minimum Gasteiger partial charge on any atom is -0.393 e. The summed E-state index contributed by atoms with van der Waals surface area (Å²) >= 11 is 11.9. The Morgan fingerprint density at radius 2 is 2.40 bits per heavy atom. The molecule has 3 nitrogen and oxygen atoms in total. The number of rotatable bonds is 4. The molecule has 0 aliphatic carbocycles. The average molecular weight is 263 g/mol. The van der Waals surface area contributed by atoms with Gasteiger partial charge >= 0.3 is 0 Å². The van der Waals surface area contributed by atoms with Crippen LogP contribution in [0.15, 0.2) is 11.4 Å². The fourth-order valence-electron chi connectivity index (χ4n) is 0.999. The molecular weight excluding hydrogens is 252 g/mol. The molecule has 0 unspecified atom stereocenters. The van der Waals surface area contributed by atoms with Gasteiger partial charge in [-0.25, -0.2) is 0 Å². The summed E-state index contributed by atoms with van der Waals surface area (Å²) in [5.41, 5.74) is 5.36. The average Bonchev–Trinajstić information content (AvgIpc) is 2.59. The summed E-state index contributed by atoms with van der Waals surface area (Å²) in [6.07, 6.45) is 0.528. The number of hydrogen-bond acceptors (Lipinski definition) is 3. The zero-order chi connectivity index (χ0) is 11.4. The van der Waals surface area contributed by atoms with Crippen LogP contribution in [-0.4, -0.2) is 29.4 Å². The van der Waals surface area contributed by atoms with Crippen LogP contribution in [0.2, 0.25) is 5.02 Å². The maximum atomic E-state index is 11.8. The van der Waals surface area contributed by atoms with E-state index in [1.165, 1.54) is 11.3 Å². The second-order valence-corrected chi connectivity index (χ2v) is 4.89. The summed E-state index contributed by atoms with van der Waals surface area (Å²) in [5.74, 6) is -0.0914. The summed E-state index contributed by atoms with van der Waals surface area (Å²) in [5, 5.41) is 2.28. The van der Waals surface area contributed by atoms with Gasteiger partial charge in [-0.05, 0) is 11.4 Å². The Labute approximate surface area is 103 Å². The summed E-state index contributed by atoms with van der Waals surface area (Å²) in [4.78, 5) is 14.3. The molecule has 1 aromatic heterocycles. The Morgan fingerprint density at radius 1 is 1.73 bits per heavy atom. The Hall–Kier alpha value is -0.650. The molecule has 0 bridgehead atoms. The van der Waals surface area contributed by atoms with Gasteiger partial charge in [-0.3, -0.25) is 4.79 Å². The molecule has 1 rings (SSSR count). The smallest absolute Gasteiger partial charge is 0.265 e. The lowest BCUT2D eigenvalue weighted by atomic mass is 10.3. The molecule has 0 aliphatic heterocycles. The van der Waals surface area contributed by atoms with E-state index in [0.29, 0.717) is 27.9 Å². The van der Waals surface area contributed by atoms with E-state index in [1.54, 1.807) is 23.4 Å². The van der Waals surface area contributed by atoms with E-state index in [1.807, 2.05) is 0 Å². The molecule has 1 amide bonds. The van der Waals surface area contributed by atoms with Crippen LogP contribution in [0.4, 0.5) is 0 Å². The fourth-order valence-corrected chi connectivity index (χ4v) is 2.22. The third kappa shape index (κ3) is 3.44. The van der Waals surface area contributed by atoms with Gasteiger partial charge in [-0.15, -0.1) is 11.3 Å². The fraction of sp³-hybridized carbons (Fsp3) is 0.333. The first-order chi connectivity index (χ1) is 7.02. The summed E-state index contributed by atoms with van der Waals surface area (Å²) < 4.78 is 0. The quantitative estimate of drug-likeness (QED) is 0.846. The van der Waals surface area contributed by atoms with Crippen LogP contribution in [-0.2, 0) is 0 Å². The van der Waals surface area contributed by atoms with Gasteiger partial charge in [0.25, 0.3) is 5.91 Å². The van der Waals surface area contributed by atoms with Gasteiger partial charge in [0.1, 0.15) is 4.88 Å². The molecule has 1 aromatic rings. The van der Waals surface area contributed by atoms with Gasteiger partial charge in [0.05, 0.1) is 10.0 Å². The first kappa shape index (κ1) is 12.4. The van der Waals surface area contributed by atoms with Crippen molar-refractivity contribution in [1.82, 2.24) is 4.90 Å². The van der Waals surface area contributed by atoms with Crippen molar-refractivity contribution in [2.24, 2.45) is 5.73 Å². The molecule has 15 heavy (non-hydrogen) atoms. The molecule has 0 spiro atoms. The third-order valence-corrected chi connectivity index (χ3v) is 3.39. The predicted octanol–water partition coefficient (Wildman–Crippen LogP) is 2.15. The normalized spacial score (nSPS) is 10.0. The molecule has 0 saturated carbocycles. The number of hydrogen-bond donors (Lipinski definition) is 1. The highest BCUT2D eigenvalue weighted by atomic mass is 35.5. The van der Waals surface area contributed by atoms with Crippen LogP contribution < -0.4 is 5.73 Å². The molecule has 2 N–H and O–H groups in total. The van der Waals surface area contributed by atoms with Crippen molar-refractivity contribution in [3.05, 3.63) is 21.3 Å². The molecule has 1 heterocycles. The first-order valence-corrected chi connectivity index (χ1v) is 5.95. The van der Waals surface area contributed by atoms with Gasteiger partial charge in [-0.2, -0.15) is 0 Å². The molecule has 82 valence electrons. The first-order valence-electron chi connectivity index (χ1n) is 4.29.